The molecule has 1 aliphatic carbocycles. The van der Waals surface area contributed by atoms with Crippen LogP contribution in [0.2, 0.25) is 0 Å². The van der Waals surface area contributed by atoms with Crippen molar-refractivity contribution < 1.29 is 23.1 Å². The van der Waals surface area contributed by atoms with Gasteiger partial charge in [-0.15, -0.1) is 23.2 Å². The van der Waals surface area contributed by atoms with Crippen molar-refractivity contribution in [2.75, 3.05) is 19.6 Å². The van der Waals surface area contributed by atoms with Crippen LogP contribution < -0.4 is 0 Å². The van der Waals surface area contributed by atoms with Crippen LogP contribution in [-0.4, -0.2) is 29.9 Å². The Balaban J connectivity index is 2.54. The predicted molar refractivity (Wildman–Crippen MR) is 69.0 cm³/mol. The quantitative estimate of drug-likeness (QED) is 0.409. The number of carbonyl (C=O) groups is 1. The topological polar surface area (TPSA) is 61.8 Å². The fourth-order valence-electron chi connectivity index (χ4n) is 1.42. The molecule has 0 heterocycles. The van der Waals surface area contributed by atoms with Crippen LogP contribution in [-0.2, 0) is 23.1 Å². The minimum atomic E-state index is -3.39. The Morgan fingerprint density at radius 2 is 1.72 bits per heavy atom. The van der Waals surface area contributed by atoms with Gasteiger partial charge < -0.3 is 13.8 Å². The van der Waals surface area contributed by atoms with Crippen LogP contribution in [0.1, 0.15) is 27.2 Å². The van der Waals surface area contributed by atoms with Gasteiger partial charge in [0, 0.05) is 6.42 Å². The van der Waals surface area contributed by atoms with Gasteiger partial charge in [0.15, 0.2) is 6.35 Å². The van der Waals surface area contributed by atoms with Gasteiger partial charge in [-0.25, -0.2) is 0 Å². The molecule has 0 N–H and O–H groups in total. The maximum absolute atomic E-state index is 12.0. The highest BCUT2D eigenvalue weighted by atomic mass is 35.5. The monoisotopic (exact) mass is 318 g/mol. The standard InChI is InChI=1S/C10H17Cl2O5P/c1-4-16-18(14,17-5-2)7-15-8(13)9(3)6-10(9,11)12/h4-7H2,1-3H3. The summed E-state index contributed by atoms with van der Waals surface area (Å²) in [5.74, 6) is -0.591. The summed E-state index contributed by atoms with van der Waals surface area (Å²) in [6, 6.07) is 0. The molecule has 0 radical (unpaired) electrons. The summed E-state index contributed by atoms with van der Waals surface area (Å²) in [5.41, 5.74) is -0.945. The molecule has 0 amide bonds. The Morgan fingerprint density at radius 1 is 1.28 bits per heavy atom. The van der Waals surface area contributed by atoms with Crippen LogP contribution in [0.5, 0.6) is 0 Å². The second-order valence-electron chi connectivity index (χ2n) is 4.22. The molecule has 1 fully saturated rings. The van der Waals surface area contributed by atoms with E-state index >= 15 is 0 Å². The van der Waals surface area contributed by atoms with Crippen molar-refractivity contribution in [1.29, 1.82) is 0 Å². The van der Waals surface area contributed by atoms with Crippen molar-refractivity contribution in [3.05, 3.63) is 0 Å². The third-order valence-electron chi connectivity index (χ3n) is 2.71. The highest BCUT2D eigenvalue weighted by Gasteiger charge is 2.69. The molecule has 1 saturated carbocycles. The molecule has 1 rings (SSSR count). The number of rotatable bonds is 7. The van der Waals surface area contributed by atoms with Crippen LogP contribution in [0.25, 0.3) is 0 Å². The number of hydrogen-bond acceptors (Lipinski definition) is 5. The van der Waals surface area contributed by atoms with Crippen LogP contribution in [0.3, 0.4) is 0 Å². The van der Waals surface area contributed by atoms with Crippen molar-refractivity contribution in [3.63, 3.8) is 0 Å². The molecule has 1 unspecified atom stereocenters. The first-order valence-electron chi connectivity index (χ1n) is 5.64. The molecule has 5 nitrogen and oxygen atoms in total. The summed E-state index contributed by atoms with van der Waals surface area (Å²) in [5, 5.41) is 0. The van der Waals surface area contributed by atoms with Crippen molar-refractivity contribution in [1.82, 2.24) is 0 Å². The van der Waals surface area contributed by atoms with E-state index in [1.54, 1.807) is 20.8 Å². The number of esters is 1. The first kappa shape index (κ1) is 16.3. The molecule has 0 bridgehead atoms. The molecular formula is C10H17Cl2O5P. The highest BCUT2D eigenvalue weighted by molar-refractivity contribution is 7.53. The lowest BCUT2D eigenvalue weighted by molar-refractivity contribution is -0.148. The Kier molecular flexibility index (Phi) is 5.13. The molecule has 1 atom stereocenters. The van der Waals surface area contributed by atoms with Gasteiger partial charge in [-0.3, -0.25) is 9.36 Å². The van der Waals surface area contributed by atoms with E-state index in [1.165, 1.54) is 0 Å². The molecule has 0 aromatic carbocycles. The van der Waals surface area contributed by atoms with Gasteiger partial charge in [-0.2, -0.15) is 0 Å². The summed E-state index contributed by atoms with van der Waals surface area (Å²) >= 11 is 11.7. The number of hydrogen-bond donors (Lipinski definition) is 0. The van der Waals surface area contributed by atoms with Crippen molar-refractivity contribution in [2.45, 2.75) is 31.5 Å². The Morgan fingerprint density at radius 3 is 2.06 bits per heavy atom. The third-order valence-corrected chi connectivity index (χ3v) is 5.56. The lowest BCUT2D eigenvalue weighted by Crippen LogP contribution is -2.22. The first-order chi connectivity index (χ1) is 8.21. The average molecular weight is 319 g/mol. The summed E-state index contributed by atoms with van der Waals surface area (Å²) in [6.07, 6.45) is -0.109. The second kappa shape index (κ2) is 5.68. The zero-order chi connectivity index (χ0) is 14.0. The number of halogens is 2. The third kappa shape index (κ3) is 3.40. The van der Waals surface area contributed by atoms with Gasteiger partial charge in [-0.1, -0.05) is 0 Å². The highest BCUT2D eigenvalue weighted by Crippen LogP contribution is 2.64. The van der Waals surface area contributed by atoms with Crippen molar-refractivity contribution in [3.8, 4) is 0 Å². The average Bonchev–Trinajstić information content (AvgIpc) is 2.77. The van der Waals surface area contributed by atoms with E-state index in [0.29, 0.717) is 6.42 Å². The van der Waals surface area contributed by atoms with E-state index in [0.717, 1.165) is 0 Å². The molecule has 106 valence electrons. The normalized spacial score (nSPS) is 25.8. The fraction of sp³-hybridized carbons (Fsp3) is 0.900. The molecule has 0 saturated heterocycles. The molecule has 0 aromatic rings. The lowest BCUT2D eigenvalue weighted by atomic mass is 10.1. The lowest BCUT2D eigenvalue weighted by Gasteiger charge is -2.18. The maximum atomic E-state index is 12.0. The van der Waals surface area contributed by atoms with E-state index in [1.807, 2.05) is 0 Å². The van der Waals surface area contributed by atoms with E-state index < -0.39 is 29.7 Å². The molecule has 0 spiro atoms. The predicted octanol–water partition coefficient (Wildman–Crippen LogP) is 3.34. The van der Waals surface area contributed by atoms with Crippen LogP contribution in [0, 0.1) is 5.41 Å². The van der Waals surface area contributed by atoms with Crippen LogP contribution in [0.15, 0.2) is 0 Å². The fourth-order valence-corrected chi connectivity index (χ4v) is 3.40. The van der Waals surface area contributed by atoms with E-state index in [2.05, 4.69) is 0 Å². The summed E-state index contributed by atoms with van der Waals surface area (Å²) < 4.78 is 25.9. The van der Waals surface area contributed by atoms with E-state index in [-0.39, 0.29) is 13.2 Å². The van der Waals surface area contributed by atoms with Gasteiger partial charge in [-0.05, 0) is 20.8 Å². The largest absolute Gasteiger partial charge is 0.452 e. The smallest absolute Gasteiger partial charge is 0.367 e. The molecule has 0 aliphatic heterocycles. The van der Waals surface area contributed by atoms with Gasteiger partial charge >= 0.3 is 13.6 Å². The zero-order valence-corrected chi connectivity index (χ0v) is 13.0. The molecule has 18 heavy (non-hydrogen) atoms. The maximum Gasteiger partial charge on any atom is 0.367 e. The number of alkyl halides is 2. The minimum Gasteiger partial charge on any atom is -0.452 e. The van der Waals surface area contributed by atoms with Crippen LogP contribution >= 0.6 is 30.8 Å². The van der Waals surface area contributed by atoms with E-state index in [4.69, 9.17) is 37.0 Å². The van der Waals surface area contributed by atoms with E-state index in [9.17, 15) is 9.36 Å². The Hall–Kier alpha value is 0.200. The second-order valence-corrected chi connectivity index (χ2v) is 7.70. The Labute approximate surface area is 117 Å². The van der Waals surface area contributed by atoms with Gasteiger partial charge in [0.05, 0.1) is 13.2 Å². The van der Waals surface area contributed by atoms with Gasteiger partial charge in [0.1, 0.15) is 9.75 Å². The number of ether oxygens (including phenoxy) is 1. The Bertz CT molecular complexity index is 363. The number of carbonyl (C=O) groups excluding carboxylic acids is 1. The summed E-state index contributed by atoms with van der Waals surface area (Å²) in [7, 11) is -3.39. The first-order valence-corrected chi connectivity index (χ1v) is 8.12. The molecule has 1 aliphatic rings. The molecular weight excluding hydrogens is 302 g/mol. The SMILES string of the molecule is CCOP(=O)(COC(=O)C1(C)CC1(Cl)Cl)OCC. The van der Waals surface area contributed by atoms with Crippen molar-refractivity contribution in [2.24, 2.45) is 5.41 Å². The summed E-state index contributed by atoms with van der Waals surface area (Å²) in [4.78, 5) is 11.8. The van der Waals surface area contributed by atoms with Gasteiger partial charge in [0.25, 0.3) is 0 Å². The summed E-state index contributed by atoms with van der Waals surface area (Å²) in [6.45, 7) is 5.38. The zero-order valence-electron chi connectivity index (χ0n) is 10.6. The van der Waals surface area contributed by atoms with Gasteiger partial charge in [0.2, 0.25) is 0 Å². The molecule has 0 aromatic heterocycles. The van der Waals surface area contributed by atoms with Crippen LogP contribution in [0.4, 0.5) is 0 Å². The van der Waals surface area contributed by atoms with Crippen molar-refractivity contribution >= 4 is 36.8 Å². The minimum absolute atomic E-state index is 0.209. The molecule has 8 heteroatoms.